The van der Waals surface area contributed by atoms with E-state index in [1.165, 1.54) is 0 Å². The maximum Gasteiger partial charge on any atom is 0.224 e. The Morgan fingerprint density at radius 1 is 1.35 bits per heavy atom. The minimum atomic E-state index is -2.96. The molecule has 2 aliphatic heterocycles. The van der Waals surface area contributed by atoms with Crippen molar-refractivity contribution in [1.82, 2.24) is 10.6 Å². The molecule has 2 atom stereocenters. The highest BCUT2D eigenvalue weighted by atomic mass is 32.2. The Bertz CT molecular complexity index is 374. The summed E-state index contributed by atoms with van der Waals surface area (Å²) in [5.74, 6) is 0.275. The molecule has 2 aliphatic rings. The van der Waals surface area contributed by atoms with Crippen molar-refractivity contribution >= 4 is 15.7 Å². The molecule has 2 N–H and O–H groups in total. The van der Waals surface area contributed by atoms with E-state index in [0.717, 1.165) is 25.9 Å². The second kappa shape index (κ2) is 5.35. The van der Waals surface area contributed by atoms with Crippen molar-refractivity contribution < 1.29 is 13.2 Å². The number of carbonyl (C=O) groups excluding carboxylic acids is 1. The first-order chi connectivity index (χ1) is 8.07. The minimum Gasteiger partial charge on any atom is -0.356 e. The molecule has 17 heavy (non-hydrogen) atoms. The zero-order chi connectivity index (χ0) is 12.3. The monoisotopic (exact) mass is 260 g/mol. The summed E-state index contributed by atoms with van der Waals surface area (Å²) in [6.45, 7) is 2.68. The molecule has 0 aromatic heterocycles. The van der Waals surface area contributed by atoms with Gasteiger partial charge in [-0.25, -0.2) is 8.42 Å². The van der Waals surface area contributed by atoms with E-state index < -0.39 is 9.84 Å². The SMILES string of the molecule is O=C(NCC1CCCNC1)C1CCS(=O)(=O)C1. The molecule has 2 heterocycles. The summed E-state index contributed by atoms with van der Waals surface area (Å²) < 4.78 is 22.5. The molecule has 6 heteroatoms. The van der Waals surface area contributed by atoms with Crippen molar-refractivity contribution in [1.29, 1.82) is 0 Å². The van der Waals surface area contributed by atoms with Crippen LogP contribution in [0.1, 0.15) is 19.3 Å². The number of carbonyl (C=O) groups is 1. The largest absolute Gasteiger partial charge is 0.356 e. The summed E-state index contributed by atoms with van der Waals surface area (Å²) in [7, 11) is -2.96. The summed E-state index contributed by atoms with van der Waals surface area (Å²) in [6.07, 6.45) is 2.77. The van der Waals surface area contributed by atoms with Crippen LogP contribution < -0.4 is 10.6 Å². The van der Waals surface area contributed by atoms with E-state index in [0.29, 0.717) is 18.9 Å². The molecule has 0 aliphatic carbocycles. The van der Waals surface area contributed by atoms with Gasteiger partial charge in [-0.2, -0.15) is 0 Å². The van der Waals surface area contributed by atoms with Crippen LogP contribution in [0.3, 0.4) is 0 Å². The predicted octanol–water partition coefficient (Wildman–Crippen LogP) is -0.463. The topological polar surface area (TPSA) is 75.3 Å². The lowest BCUT2D eigenvalue weighted by atomic mass is 9.99. The van der Waals surface area contributed by atoms with Crippen molar-refractivity contribution in [3.8, 4) is 0 Å². The maximum atomic E-state index is 11.8. The van der Waals surface area contributed by atoms with Crippen molar-refractivity contribution in [2.75, 3.05) is 31.1 Å². The van der Waals surface area contributed by atoms with Gasteiger partial charge in [-0.05, 0) is 38.3 Å². The third kappa shape index (κ3) is 3.67. The molecular weight excluding hydrogens is 240 g/mol. The molecule has 2 unspecified atom stereocenters. The fourth-order valence-corrected chi connectivity index (χ4v) is 4.23. The van der Waals surface area contributed by atoms with Crippen LogP contribution in [0.4, 0.5) is 0 Å². The van der Waals surface area contributed by atoms with Gasteiger partial charge in [-0.15, -0.1) is 0 Å². The Hall–Kier alpha value is -0.620. The summed E-state index contributed by atoms with van der Waals surface area (Å²) in [4.78, 5) is 11.8. The normalized spacial score (nSPS) is 32.2. The van der Waals surface area contributed by atoms with Crippen LogP contribution in [0.15, 0.2) is 0 Å². The van der Waals surface area contributed by atoms with Gasteiger partial charge < -0.3 is 10.6 Å². The number of nitrogens with one attached hydrogen (secondary N) is 2. The Morgan fingerprint density at radius 3 is 2.76 bits per heavy atom. The number of piperidine rings is 1. The van der Waals surface area contributed by atoms with E-state index in [-0.39, 0.29) is 23.3 Å². The van der Waals surface area contributed by atoms with Crippen LogP contribution in [0.25, 0.3) is 0 Å². The number of hydrogen-bond acceptors (Lipinski definition) is 4. The lowest BCUT2D eigenvalue weighted by Crippen LogP contribution is -2.40. The summed E-state index contributed by atoms with van der Waals surface area (Å²) in [5, 5.41) is 6.18. The summed E-state index contributed by atoms with van der Waals surface area (Å²) in [5.41, 5.74) is 0. The maximum absolute atomic E-state index is 11.8. The molecule has 2 fully saturated rings. The predicted molar refractivity (Wildman–Crippen MR) is 65.4 cm³/mol. The van der Waals surface area contributed by atoms with Gasteiger partial charge in [0.1, 0.15) is 0 Å². The van der Waals surface area contributed by atoms with Crippen LogP contribution in [0.2, 0.25) is 0 Å². The highest BCUT2D eigenvalue weighted by Crippen LogP contribution is 2.18. The molecule has 1 amide bonds. The second-order valence-corrected chi connectivity index (χ2v) is 7.29. The molecular formula is C11H20N2O3S. The van der Waals surface area contributed by atoms with Crippen molar-refractivity contribution in [3.05, 3.63) is 0 Å². The number of rotatable bonds is 3. The van der Waals surface area contributed by atoms with Gasteiger partial charge in [0.25, 0.3) is 0 Å². The fourth-order valence-electron chi connectivity index (χ4n) is 2.49. The Labute approximate surface area is 102 Å². The van der Waals surface area contributed by atoms with E-state index in [1.54, 1.807) is 0 Å². The molecule has 2 saturated heterocycles. The molecule has 0 spiro atoms. The minimum absolute atomic E-state index is 0.0295. The average molecular weight is 260 g/mol. The molecule has 98 valence electrons. The van der Waals surface area contributed by atoms with Crippen LogP contribution >= 0.6 is 0 Å². The molecule has 0 aromatic carbocycles. The fraction of sp³-hybridized carbons (Fsp3) is 0.909. The van der Waals surface area contributed by atoms with Gasteiger partial charge in [0.2, 0.25) is 5.91 Å². The average Bonchev–Trinajstić information content (AvgIpc) is 2.68. The van der Waals surface area contributed by atoms with Gasteiger partial charge >= 0.3 is 0 Å². The first kappa shape index (κ1) is 12.8. The van der Waals surface area contributed by atoms with Gasteiger partial charge in [0, 0.05) is 6.54 Å². The van der Waals surface area contributed by atoms with Crippen molar-refractivity contribution in [3.63, 3.8) is 0 Å². The van der Waals surface area contributed by atoms with Crippen LogP contribution in [0.5, 0.6) is 0 Å². The van der Waals surface area contributed by atoms with Crippen LogP contribution in [-0.2, 0) is 14.6 Å². The van der Waals surface area contributed by atoms with Crippen molar-refractivity contribution in [2.24, 2.45) is 11.8 Å². The molecule has 0 saturated carbocycles. The van der Waals surface area contributed by atoms with Crippen LogP contribution in [0, 0.1) is 11.8 Å². The molecule has 5 nitrogen and oxygen atoms in total. The van der Waals surface area contributed by atoms with E-state index in [1.807, 2.05) is 0 Å². The summed E-state index contributed by atoms with van der Waals surface area (Å²) >= 11 is 0. The molecule has 0 radical (unpaired) electrons. The third-order valence-electron chi connectivity index (χ3n) is 3.57. The Balaban J connectivity index is 1.74. The van der Waals surface area contributed by atoms with E-state index in [4.69, 9.17) is 0 Å². The van der Waals surface area contributed by atoms with Crippen LogP contribution in [-0.4, -0.2) is 45.5 Å². The van der Waals surface area contributed by atoms with Gasteiger partial charge in [-0.3, -0.25) is 4.79 Å². The van der Waals surface area contributed by atoms with E-state index >= 15 is 0 Å². The smallest absolute Gasteiger partial charge is 0.224 e. The van der Waals surface area contributed by atoms with Gasteiger partial charge in [0.05, 0.1) is 17.4 Å². The Kier molecular flexibility index (Phi) is 4.04. The number of amides is 1. The number of hydrogen-bond donors (Lipinski definition) is 2. The number of sulfone groups is 1. The molecule has 0 bridgehead atoms. The quantitative estimate of drug-likeness (QED) is 0.720. The lowest BCUT2D eigenvalue weighted by molar-refractivity contribution is -0.124. The highest BCUT2D eigenvalue weighted by molar-refractivity contribution is 7.91. The molecule has 2 rings (SSSR count). The van der Waals surface area contributed by atoms with Gasteiger partial charge in [-0.1, -0.05) is 0 Å². The zero-order valence-corrected chi connectivity index (χ0v) is 10.8. The van der Waals surface area contributed by atoms with E-state index in [9.17, 15) is 13.2 Å². The first-order valence-corrected chi connectivity index (χ1v) is 8.08. The lowest BCUT2D eigenvalue weighted by Gasteiger charge is -2.23. The van der Waals surface area contributed by atoms with Crippen molar-refractivity contribution in [2.45, 2.75) is 19.3 Å². The third-order valence-corrected chi connectivity index (χ3v) is 5.34. The Morgan fingerprint density at radius 2 is 2.18 bits per heavy atom. The van der Waals surface area contributed by atoms with Gasteiger partial charge in [0.15, 0.2) is 9.84 Å². The first-order valence-electron chi connectivity index (χ1n) is 6.26. The van der Waals surface area contributed by atoms with E-state index in [2.05, 4.69) is 10.6 Å². The zero-order valence-electron chi connectivity index (χ0n) is 9.94. The summed E-state index contributed by atoms with van der Waals surface area (Å²) in [6, 6.07) is 0. The highest BCUT2D eigenvalue weighted by Gasteiger charge is 2.32. The molecule has 0 aromatic rings. The standard InChI is InChI=1S/C11H20N2O3S/c14-11(10-3-5-17(15,16)8-10)13-7-9-2-1-4-12-6-9/h9-10,12H,1-8H2,(H,13,14). The second-order valence-electron chi connectivity index (χ2n) is 5.06.